The number of methoxy groups -OCH3 is 2. The Bertz CT molecular complexity index is 1960. The molecule has 9 nitrogen and oxygen atoms in total. The van der Waals surface area contributed by atoms with Crippen molar-refractivity contribution in [3.05, 3.63) is 113 Å². The maximum absolute atomic E-state index is 14.2. The van der Waals surface area contributed by atoms with E-state index in [1.165, 1.54) is 15.9 Å². The molecule has 240 valence electrons. The summed E-state index contributed by atoms with van der Waals surface area (Å²) in [5, 5.41) is 0.634. The second-order valence-corrected chi connectivity index (χ2v) is 12.1. The first-order valence-corrected chi connectivity index (χ1v) is 15.9. The highest BCUT2D eigenvalue weighted by Crippen LogP contribution is 2.37. The minimum Gasteiger partial charge on any atom is -0.493 e. The van der Waals surface area contributed by atoms with E-state index in [1.807, 2.05) is 44.2 Å². The number of ether oxygens (including phenoxy) is 5. The van der Waals surface area contributed by atoms with Crippen LogP contribution in [0.15, 0.2) is 81.7 Å². The van der Waals surface area contributed by atoms with Crippen LogP contribution in [0.5, 0.6) is 23.0 Å². The fourth-order valence-corrected chi connectivity index (χ4v) is 6.31. The van der Waals surface area contributed by atoms with Crippen LogP contribution in [0.4, 0.5) is 0 Å². The lowest BCUT2D eigenvalue weighted by molar-refractivity contribution is -0.139. The van der Waals surface area contributed by atoms with Gasteiger partial charge in [0.1, 0.15) is 6.61 Å². The molecule has 0 fully saturated rings. The van der Waals surface area contributed by atoms with Crippen LogP contribution < -0.4 is 33.8 Å². The Morgan fingerprint density at radius 3 is 2.46 bits per heavy atom. The molecule has 0 saturated carbocycles. The lowest BCUT2D eigenvalue weighted by Gasteiger charge is -2.25. The minimum atomic E-state index is -0.814. The summed E-state index contributed by atoms with van der Waals surface area (Å²) in [7, 11) is 3.11. The van der Waals surface area contributed by atoms with Crippen molar-refractivity contribution in [2.45, 2.75) is 46.4 Å². The van der Waals surface area contributed by atoms with E-state index >= 15 is 0 Å². The molecule has 4 aromatic rings. The molecule has 0 saturated heterocycles. The molecule has 0 spiro atoms. The summed E-state index contributed by atoms with van der Waals surface area (Å²) < 4.78 is 30.8. The quantitative estimate of drug-likeness (QED) is 0.186. The third kappa shape index (κ3) is 6.83. The van der Waals surface area contributed by atoms with Gasteiger partial charge in [-0.05, 0) is 75.2 Å². The summed E-state index contributed by atoms with van der Waals surface area (Å²) in [5.74, 6) is 1.48. The summed E-state index contributed by atoms with van der Waals surface area (Å²) in [4.78, 5) is 32.7. The van der Waals surface area contributed by atoms with Crippen LogP contribution in [-0.4, -0.2) is 37.5 Å². The minimum absolute atomic E-state index is 0.0775. The molecule has 3 aromatic carbocycles. The van der Waals surface area contributed by atoms with E-state index in [4.69, 9.17) is 35.3 Å². The van der Waals surface area contributed by atoms with Gasteiger partial charge in [0.05, 0.1) is 48.8 Å². The molecule has 1 aromatic heterocycles. The van der Waals surface area contributed by atoms with Gasteiger partial charge >= 0.3 is 5.97 Å². The number of hydrogen-bond acceptors (Lipinski definition) is 9. The van der Waals surface area contributed by atoms with Crippen molar-refractivity contribution in [3.8, 4) is 23.0 Å². The SMILES string of the molecule is CCOC(=O)C1=C(C)N=c2s/c(=C/c3cccc(OC)c3OCc3ccc(Cl)cc3)c(=O)n2[C@H]1c1ccc(OC(C)C)c(OC)c1. The van der Waals surface area contributed by atoms with Gasteiger partial charge in [0.15, 0.2) is 27.8 Å². The third-order valence-corrected chi connectivity index (χ3v) is 8.43. The number of rotatable bonds is 11. The molecule has 5 rings (SSSR count). The summed E-state index contributed by atoms with van der Waals surface area (Å²) in [6.45, 7) is 7.76. The second-order valence-electron chi connectivity index (χ2n) is 10.7. The Hall–Kier alpha value is -4.54. The molecular formula is C35H35ClN2O7S. The zero-order chi connectivity index (χ0) is 33.0. The fraction of sp³-hybridized carbons (Fsp3) is 0.286. The maximum Gasteiger partial charge on any atom is 0.338 e. The van der Waals surface area contributed by atoms with E-state index in [1.54, 1.807) is 64.5 Å². The average molecular weight is 663 g/mol. The van der Waals surface area contributed by atoms with Gasteiger partial charge in [-0.15, -0.1) is 0 Å². The molecule has 0 aliphatic carbocycles. The van der Waals surface area contributed by atoms with E-state index in [0.717, 1.165) is 5.56 Å². The summed E-state index contributed by atoms with van der Waals surface area (Å²) in [6, 6.07) is 17.4. The van der Waals surface area contributed by atoms with Crippen molar-refractivity contribution in [2.75, 3.05) is 20.8 Å². The number of carbonyl (C=O) groups excluding carboxylic acids is 1. The molecule has 0 radical (unpaired) electrons. The molecule has 1 aliphatic rings. The number of aromatic nitrogens is 1. The largest absolute Gasteiger partial charge is 0.493 e. The zero-order valence-electron chi connectivity index (χ0n) is 26.5. The molecule has 0 amide bonds. The fourth-order valence-electron chi connectivity index (χ4n) is 5.15. The smallest absolute Gasteiger partial charge is 0.338 e. The number of carbonyl (C=O) groups is 1. The predicted molar refractivity (Wildman–Crippen MR) is 178 cm³/mol. The number of allylic oxidation sites excluding steroid dienone is 1. The Balaban J connectivity index is 1.65. The monoisotopic (exact) mass is 662 g/mol. The molecule has 1 aliphatic heterocycles. The molecule has 2 heterocycles. The second kappa shape index (κ2) is 14.3. The van der Waals surface area contributed by atoms with Crippen LogP contribution in [0.2, 0.25) is 5.02 Å². The van der Waals surface area contributed by atoms with Crippen LogP contribution in [0.25, 0.3) is 6.08 Å². The van der Waals surface area contributed by atoms with Crippen LogP contribution in [-0.2, 0) is 16.1 Å². The molecule has 0 N–H and O–H groups in total. The number of thiazole rings is 1. The van der Waals surface area contributed by atoms with E-state index in [2.05, 4.69) is 4.99 Å². The zero-order valence-corrected chi connectivity index (χ0v) is 28.0. The first kappa shape index (κ1) is 32.8. The molecule has 11 heteroatoms. The molecule has 1 atom stereocenters. The van der Waals surface area contributed by atoms with Gasteiger partial charge in [-0.2, -0.15) is 0 Å². The predicted octanol–water partition coefficient (Wildman–Crippen LogP) is 5.84. The number of fused-ring (bicyclic) bond motifs is 1. The van der Waals surface area contributed by atoms with E-state index < -0.39 is 12.0 Å². The van der Waals surface area contributed by atoms with Gasteiger partial charge in [0, 0.05) is 10.6 Å². The van der Waals surface area contributed by atoms with Crippen LogP contribution in [0.3, 0.4) is 0 Å². The molecule has 0 bridgehead atoms. The standard InChI is InChI=1S/C35H35ClN2O7S/c1-7-43-34(40)30-21(4)37-35-38(31(30)23-13-16-26(45-20(2)3)28(17-23)42-6)33(39)29(46-35)18-24-9-8-10-27(41-5)32(24)44-19-22-11-14-25(36)15-12-22/h8-18,20,31H,7,19H2,1-6H3/b29-18+/t31-/m0/s1. The number of para-hydroxylation sites is 1. The van der Waals surface area contributed by atoms with Crippen molar-refractivity contribution in [2.24, 2.45) is 4.99 Å². The normalized spacial score (nSPS) is 14.5. The van der Waals surface area contributed by atoms with Gasteiger partial charge < -0.3 is 23.7 Å². The molecule has 0 unspecified atom stereocenters. The topological polar surface area (TPSA) is 97.6 Å². The number of hydrogen-bond donors (Lipinski definition) is 0. The number of nitrogens with zero attached hydrogens (tertiary/aromatic N) is 2. The highest BCUT2D eigenvalue weighted by Gasteiger charge is 2.34. The van der Waals surface area contributed by atoms with Crippen LogP contribution in [0, 0.1) is 0 Å². The lowest BCUT2D eigenvalue weighted by atomic mass is 9.95. The van der Waals surface area contributed by atoms with E-state index in [9.17, 15) is 9.59 Å². The Labute approximate surface area is 275 Å². The third-order valence-electron chi connectivity index (χ3n) is 7.20. The average Bonchev–Trinajstić information content (AvgIpc) is 3.34. The van der Waals surface area contributed by atoms with Gasteiger partial charge in [-0.3, -0.25) is 9.36 Å². The van der Waals surface area contributed by atoms with Crippen molar-refractivity contribution < 1.29 is 28.5 Å². The number of esters is 1. The summed E-state index contributed by atoms with van der Waals surface area (Å²) >= 11 is 7.27. The number of benzene rings is 3. The van der Waals surface area contributed by atoms with E-state index in [-0.39, 0.29) is 30.5 Å². The Morgan fingerprint density at radius 1 is 1.04 bits per heavy atom. The highest BCUT2D eigenvalue weighted by molar-refractivity contribution is 7.07. The lowest BCUT2D eigenvalue weighted by Crippen LogP contribution is -2.40. The van der Waals surface area contributed by atoms with Gasteiger partial charge in [-0.25, -0.2) is 9.79 Å². The van der Waals surface area contributed by atoms with Crippen LogP contribution in [0.1, 0.15) is 50.4 Å². The Kier molecular flexibility index (Phi) is 10.2. The highest BCUT2D eigenvalue weighted by atomic mass is 35.5. The van der Waals surface area contributed by atoms with Gasteiger partial charge in [0.25, 0.3) is 5.56 Å². The van der Waals surface area contributed by atoms with Gasteiger partial charge in [0.2, 0.25) is 0 Å². The van der Waals surface area contributed by atoms with Crippen molar-refractivity contribution in [1.82, 2.24) is 4.57 Å². The van der Waals surface area contributed by atoms with Crippen molar-refractivity contribution >= 4 is 35.0 Å². The van der Waals surface area contributed by atoms with E-state index in [0.29, 0.717) is 54.2 Å². The first-order valence-electron chi connectivity index (χ1n) is 14.7. The molecular weight excluding hydrogens is 628 g/mol. The molecule has 46 heavy (non-hydrogen) atoms. The number of halogens is 1. The van der Waals surface area contributed by atoms with Gasteiger partial charge in [-0.1, -0.05) is 53.3 Å². The summed E-state index contributed by atoms with van der Waals surface area (Å²) in [5.41, 5.74) is 2.62. The van der Waals surface area contributed by atoms with Crippen molar-refractivity contribution in [1.29, 1.82) is 0 Å². The van der Waals surface area contributed by atoms with Crippen molar-refractivity contribution in [3.63, 3.8) is 0 Å². The first-order chi connectivity index (χ1) is 22.1. The summed E-state index contributed by atoms with van der Waals surface area (Å²) in [6.07, 6.45) is 1.68. The van der Waals surface area contributed by atoms with Crippen LogP contribution >= 0.6 is 22.9 Å². The maximum atomic E-state index is 14.2. The Morgan fingerprint density at radius 2 is 1.78 bits per heavy atom.